The minimum Gasteiger partial charge on any atom is -0.436 e. The van der Waals surface area contributed by atoms with Crippen LogP contribution in [0.1, 0.15) is 38.8 Å². The highest BCUT2D eigenvalue weighted by molar-refractivity contribution is 6.62. The Morgan fingerprint density at radius 2 is 0.635 bits per heavy atom. The highest BCUT2D eigenvalue weighted by atomic mass is 35.5. The van der Waals surface area contributed by atoms with Crippen LogP contribution in [-0.2, 0) is 9.31 Å². The number of hydrogen-bond donors (Lipinski definition) is 0. The second-order valence-electron chi connectivity index (χ2n) is 26.3. The molecule has 0 atom stereocenters. The maximum atomic E-state index is 9.19. The molecule has 5 heterocycles. The van der Waals surface area contributed by atoms with Gasteiger partial charge in [-0.15, -0.1) is 0 Å². The zero-order chi connectivity index (χ0) is 71.2. The van der Waals surface area contributed by atoms with E-state index in [1.165, 1.54) is 11.1 Å². The van der Waals surface area contributed by atoms with Crippen LogP contribution >= 0.6 is 11.6 Å². The Morgan fingerprint density at radius 3 is 1.02 bits per heavy atom. The van der Waals surface area contributed by atoms with Gasteiger partial charge in [0, 0.05) is 56.9 Å². The van der Waals surface area contributed by atoms with Gasteiger partial charge in [-0.3, -0.25) is 9.97 Å². The molecule has 104 heavy (non-hydrogen) atoms. The summed E-state index contributed by atoms with van der Waals surface area (Å²) < 4.78 is 24.7. The molecule has 10 nitrogen and oxygen atoms in total. The van der Waals surface area contributed by atoms with Crippen LogP contribution < -0.4 is 5.46 Å². The lowest BCUT2D eigenvalue weighted by molar-refractivity contribution is 0.00578. The number of nitriles is 2. The van der Waals surface area contributed by atoms with E-state index in [-0.39, 0.29) is 18.3 Å². The molecule has 0 radical (unpaired) electrons. The Morgan fingerprint density at radius 1 is 0.317 bits per heavy atom. The topological polar surface area (TPSA) is 144 Å². The fourth-order valence-electron chi connectivity index (χ4n) is 12.6. The van der Waals surface area contributed by atoms with Crippen molar-refractivity contribution in [3.8, 4) is 135 Å². The van der Waals surface area contributed by atoms with Gasteiger partial charge in [-0.2, -0.15) is 10.5 Å². The number of nitrogens with zero attached hydrogens (tertiary/aromatic N) is 6. The molecule has 1 fully saturated rings. The number of fused-ring (bicyclic) bond motifs is 2. The van der Waals surface area contributed by atoms with E-state index in [1.54, 1.807) is 12.3 Å². The molecule has 1 saturated heterocycles. The summed E-state index contributed by atoms with van der Waals surface area (Å²) in [7, 11) is -0.312. The lowest BCUT2D eigenvalue weighted by Gasteiger charge is -2.32. The Bertz CT molecular complexity index is 5730. The van der Waals surface area contributed by atoms with Gasteiger partial charge in [0.05, 0.1) is 45.9 Å². The molecule has 0 saturated carbocycles. The standard InChI is InChI=1S/C43H27N3O.C32H19ClN2O.C17H20BNO2/c44-28-29-9-11-31(12-10-29)33-13-19-35(20-14-33)39-26-38(34-15-21-36(22-16-34)40-8-4-5-25-45-40)27-41-42(39)46-43(47-41)37-23-17-32(18-24-37)30-6-2-1-3-7-30;33-28-18-29(26-14-10-25(11-15-26)23-8-6-21(20-34)7-9-23)31-30(19-28)36-32(35-31)27-16-12-24(13-17-27)22-4-2-1-3-5-22;1-16(2)17(3,4)21-18(20-16)14-10-8-13(9-11-14)15-7-5-6-12-19-15/h1-27H;1-19H;5-12H,1-4H3. The Balaban J connectivity index is 0.000000135. The van der Waals surface area contributed by atoms with Gasteiger partial charge < -0.3 is 18.1 Å². The van der Waals surface area contributed by atoms with E-state index in [0.29, 0.717) is 33.5 Å². The Kier molecular flexibility index (Phi) is 18.9. The van der Waals surface area contributed by atoms with Gasteiger partial charge in [0.25, 0.3) is 0 Å². The lowest BCUT2D eigenvalue weighted by Crippen LogP contribution is -2.41. The van der Waals surface area contributed by atoms with E-state index >= 15 is 0 Å². The van der Waals surface area contributed by atoms with Gasteiger partial charge in [-0.25, -0.2) is 9.97 Å². The first-order valence-corrected chi connectivity index (χ1v) is 34.6. The third-order valence-corrected chi connectivity index (χ3v) is 19.3. The molecule has 16 aromatic rings. The number of aromatic nitrogens is 4. The highest BCUT2D eigenvalue weighted by Gasteiger charge is 2.51. The highest BCUT2D eigenvalue weighted by Crippen LogP contribution is 2.41. The van der Waals surface area contributed by atoms with Crippen LogP contribution in [0.5, 0.6) is 0 Å². The van der Waals surface area contributed by atoms with Crippen LogP contribution in [0.25, 0.3) is 146 Å². The number of hydrogen-bond acceptors (Lipinski definition) is 10. The fourth-order valence-corrected chi connectivity index (χ4v) is 12.8. The number of rotatable bonds is 12. The minimum absolute atomic E-state index is 0.308. The molecule has 0 amide bonds. The largest absolute Gasteiger partial charge is 0.494 e. The van der Waals surface area contributed by atoms with Crippen molar-refractivity contribution < 1.29 is 18.1 Å². The zero-order valence-corrected chi connectivity index (χ0v) is 58.2. The van der Waals surface area contributed by atoms with Crippen LogP contribution in [0, 0.1) is 22.7 Å². The van der Waals surface area contributed by atoms with Gasteiger partial charge in [0.15, 0.2) is 11.2 Å². The lowest BCUT2D eigenvalue weighted by atomic mass is 9.79. The average Bonchev–Trinajstić information content (AvgIpc) is 1.34. The van der Waals surface area contributed by atoms with Crippen molar-refractivity contribution in [1.82, 2.24) is 19.9 Å². The minimum atomic E-state index is -0.312. The second kappa shape index (κ2) is 29.4. The van der Waals surface area contributed by atoms with Gasteiger partial charge in [-0.05, 0) is 191 Å². The fraction of sp³-hybridized carbons (Fsp3) is 0.0652. The van der Waals surface area contributed by atoms with Crippen molar-refractivity contribution in [2.24, 2.45) is 0 Å². The quantitative estimate of drug-likeness (QED) is 0.108. The predicted molar refractivity (Wildman–Crippen MR) is 420 cm³/mol. The number of benzene rings is 12. The van der Waals surface area contributed by atoms with Crippen LogP contribution in [0.4, 0.5) is 0 Å². The molecule has 12 aromatic carbocycles. The molecule has 4 aromatic heterocycles. The zero-order valence-electron chi connectivity index (χ0n) is 57.4. The predicted octanol–water partition coefficient (Wildman–Crippen LogP) is 23.2. The maximum Gasteiger partial charge on any atom is 0.494 e. The van der Waals surface area contributed by atoms with Gasteiger partial charge >= 0.3 is 7.12 Å². The first-order chi connectivity index (χ1) is 50.8. The summed E-state index contributed by atoms with van der Waals surface area (Å²) in [5.74, 6) is 1.14. The van der Waals surface area contributed by atoms with Crippen molar-refractivity contribution in [2.45, 2.75) is 38.9 Å². The van der Waals surface area contributed by atoms with Crippen molar-refractivity contribution in [3.63, 3.8) is 0 Å². The van der Waals surface area contributed by atoms with Crippen molar-refractivity contribution >= 4 is 46.4 Å². The third-order valence-electron chi connectivity index (χ3n) is 19.1. The van der Waals surface area contributed by atoms with E-state index in [2.05, 4.69) is 208 Å². The molecule has 0 spiro atoms. The summed E-state index contributed by atoms with van der Waals surface area (Å²) in [5, 5.41) is 18.8. The van der Waals surface area contributed by atoms with Crippen LogP contribution in [0.3, 0.4) is 0 Å². The van der Waals surface area contributed by atoms with Gasteiger partial charge in [0.1, 0.15) is 11.0 Å². The molecular formula is C92H66BClN6O4. The maximum absolute atomic E-state index is 9.19. The average molecular weight is 1370 g/mol. The second-order valence-corrected chi connectivity index (χ2v) is 26.8. The van der Waals surface area contributed by atoms with E-state index in [9.17, 15) is 5.26 Å². The van der Waals surface area contributed by atoms with Crippen LogP contribution in [0.15, 0.2) is 337 Å². The van der Waals surface area contributed by atoms with E-state index < -0.39 is 0 Å². The third kappa shape index (κ3) is 14.6. The van der Waals surface area contributed by atoms with Crippen molar-refractivity contribution in [2.75, 3.05) is 0 Å². The first-order valence-electron chi connectivity index (χ1n) is 34.3. The molecule has 12 heteroatoms. The summed E-state index contributed by atoms with van der Waals surface area (Å²) >= 11 is 6.46. The van der Waals surface area contributed by atoms with Crippen molar-refractivity contribution in [1.29, 1.82) is 10.5 Å². The SMILES string of the molecule is CC1(C)OB(c2ccc(-c3ccccn3)cc2)OC1(C)C.N#Cc1ccc(-c2ccc(-c3cc(-c4ccc(-c5ccccn5)cc4)cc4oc(-c5ccc(-c6ccccc6)cc5)nc34)cc2)cc1.N#Cc1ccc(-c2ccc(-c3cc(Cl)cc4oc(-c5ccc(-c6ccccc6)cc5)nc34)cc2)cc1. The number of halogens is 1. The summed E-state index contributed by atoms with van der Waals surface area (Å²) in [6.07, 6.45) is 3.62. The summed E-state index contributed by atoms with van der Waals surface area (Å²) in [6, 6.07) is 110. The monoisotopic (exact) mass is 1360 g/mol. The summed E-state index contributed by atoms with van der Waals surface area (Å²) in [4.78, 5) is 18.8. The van der Waals surface area contributed by atoms with Crippen LogP contribution in [0.2, 0.25) is 5.02 Å². The summed E-state index contributed by atoms with van der Waals surface area (Å²) in [6.45, 7) is 8.26. The molecule has 1 aliphatic rings. The van der Waals surface area contributed by atoms with E-state index in [1.807, 2.05) is 158 Å². The molecule has 1 aliphatic heterocycles. The van der Waals surface area contributed by atoms with Gasteiger partial charge in [0.2, 0.25) is 11.8 Å². The molecule has 0 aliphatic carbocycles. The number of oxazole rings is 2. The van der Waals surface area contributed by atoms with Crippen LogP contribution in [-0.4, -0.2) is 38.3 Å². The normalized spacial score (nSPS) is 12.7. The molecule has 0 N–H and O–H groups in total. The molecule has 0 unspecified atom stereocenters. The molecule has 498 valence electrons. The van der Waals surface area contributed by atoms with E-state index in [4.69, 9.17) is 45.0 Å². The smallest absolute Gasteiger partial charge is 0.436 e. The molecule has 17 rings (SSSR count). The Labute approximate surface area is 609 Å². The summed E-state index contributed by atoms with van der Waals surface area (Å²) in [5.41, 5.74) is 25.5. The van der Waals surface area contributed by atoms with Crippen molar-refractivity contribution in [3.05, 3.63) is 344 Å². The van der Waals surface area contributed by atoms with Gasteiger partial charge in [-0.1, -0.05) is 230 Å². The van der Waals surface area contributed by atoms with E-state index in [0.717, 1.165) is 122 Å². The first kappa shape index (κ1) is 67.0. The Hall–Kier alpha value is -12.9. The molecule has 0 bridgehead atoms. The molecular weight excluding hydrogens is 1300 g/mol. The number of pyridine rings is 2.